The summed E-state index contributed by atoms with van der Waals surface area (Å²) in [6, 6.07) is 16.7. The lowest BCUT2D eigenvalue weighted by molar-refractivity contribution is 0.0993. The van der Waals surface area contributed by atoms with E-state index in [1.54, 1.807) is 6.07 Å². The molecular formula is C18H13Br2NO3. The Balaban J connectivity index is 1.72. The van der Waals surface area contributed by atoms with Crippen molar-refractivity contribution in [2.45, 2.75) is 6.61 Å². The zero-order valence-corrected chi connectivity index (χ0v) is 15.6. The van der Waals surface area contributed by atoms with Crippen LogP contribution in [0.2, 0.25) is 0 Å². The molecule has 0 saturated carbocycles. The number of benzene rings is 2. The van der Waals surface area contributed by atoms with Crippen LogP contribution in [-0.2, 0) is 6.61 Å². The Morgan fingerprint density at radius 2 is 1.88 bits per heavy atom. The zero-order valence-electron chi connectivity index (χ0n) is 12.5. The van der Waals surface area contributed by atoms with E-state index < -0.39 is 0 Å². The molecule has 0 atom stereocenters. The van der Waals surface area contributed by atoms with Crippen molar-refractivity contribution in [1.82, 2.24) is 0 Å². The molecule has 0 fully saturated rings. The van der Waals surface area contributed by atoms with Crippen LogP contribution < -0.4 is 10.1 Å². The molecule has 0 aliphatic carbocycles. The van der Waals surface area contributed by atoms with Gasteiger partial charge < -0.3 is 14.5 Å². The average molecular weight is 451 g/mol. The van der Waals surface area contributed by atoms with E-state index in [0.29, 0.717) is 11.3 Å². The van der Waals surface area contributed by atoms with Crippen molar-refractivity contribution in [1.29, 1.82) is 0 Å². The van der Waals surface area contributed by atoms with Crippen LogP contribution in [0.25, 0.3) is 0 Å². The van der Waals surface area contributed by atoms with Gasteiger partial charge in [-0.25, -0.2) is 0 Å². The Labute approximate surface area is 156 Å². The van der Waals surface area contributed by atoms with E-state index in [1.807, 2.05) is 48.5 Å². The van der Waals surface area contributed by atoms with Gasteiger partial charge in [0, 0.05) is 14.5 Å². The molecule has 0 spiro atoms. The summed E-state index contributed by atoms with van der Waals surface area (Å²) >= 11 is 6.80. The lowest BCUT2D eigenvalue weighted by atomic mass is 10.2. The van der Waals surface area contributed by atoms with E-state index in [2.05, 4.69) is 37.2 Å². The summed E-state index contributed by atoms with van der Waals surface area (Å²) < 4.78 is 12.7. The van der Waals surface area contributed by atoms with Crippen LogP contribution in [0.15, 0.2) is 74.2 Å². The Hall–Kier alpha value is -2.05. The van der Waals surface area contributed by atoms with E-state index >= 15 is 0 Å². The normalized spacial score (nSPS) is 10.4. The average Bonchev–Trinajstić information content (AvgIpc) is 3.06. The highest BCUT2D eigenvalue weighted by atomic mass is 79.9. The number of hydrogen-bond donors (Lipinski definition) is 1. The number of carbonyl (C=O) groups excluding carboxylic acids is 1. The zero-order chi connectivity index (χ0) is 16.9. The molecule has 6 heteroatoms. The van der Waals surface area contributed by atoms with E-state index in [1.165, 1.54) is 6.26 Å². The summed E-state index contributed by atoms with van der Waals surface area (Å²) in [4.78, 5) is 12.5. The molecule has 2 aromatic carbocycles. The molecule has 122 valence electrons. The molecule has 0 unspecified atom stereocenters. The third-order valence-corrected chi connectivity index (χ3v) is 4.45. The first-order valence-electron chi connectivity index (χ1n) is 7.14. The molecular weight excluding hydrogens is 438 g/mol. The Bertz CT molecular complexity index is 846. The third-order valence-electron chi connectivity index (χ3n) is 3.27. The number of carbonyl (C=O) groups is 1. The van der Waals surface area contributed by atoms with E-state index in [4.69, 9.17) is 9.15 Å². The SMILES string of the molecule is O=C(Nc1cc(Br)ccc1Br)c1occc1COc1ccccc1. The van der Waals surface area contributed by atoms with E-state index in [0.717, 1.165) is 14.7 Å². The fourth-order valence-electron chi connectivity index (χ4n) is 2.10. The predicted molar refractivity (Wildman–Crippen MR) is 99.3 cm³/mol. The predicted octanol–water partition coefficient (Wildman–Crippen LogP) is 5.64. The van der Waals surface area contributed by atoms with E-state index in [9.17, 15) is 4.79 Å². The van der Waals surface area contributed by atoms with Gasteiger partial charge in [-0.3, -0.25) is 4.79 Å². The molecule has 0 bridgehead atoms. The van der Waals surface area contributed by atoms with Gasteiger partial charge in [-0.05, 0) is 52.3 Å². The molecule has 1 heterocycles. The molecule has 0 saturated heterocycles. The van der Waals surface area contributed by atoms with Crippen LogP contribution in [0.3, 0.4) is 0 Å². The first-order chi connectivity index (χ1) is 11.6. The van der Waals surface area contributed by atoms with Gasteiger partial charge in [-0.15, -0.1) is 0 Å². The first-order valence-corrected chi connectivity index (χ1v) is 8.72. The molecule has 24 heavy (non-hydrogen) atoms. The largest absolute Gasteiger partial charge is 0.489 e. The standard InChI is InChI=1S/C18H13Br2NO3/c19-13-6-7-15(20)16(10-13)21-18(22)17-12(8-9-23-17)11-24-14-4-2-1-3-5-14/h1-10H,11H2,(H,21,22). The van der Waals surface area contributed by atoms with Crippen molar-refractivity contribution in [3.05, 3.63) is 81.1 Å². The Morgan fingerprint density at radius 1 is 1.08 bits per heavy atom. The lowest BCUT2D eigenvalue weighted by Gasteiger charge is -2.09. The maximum absolute atomic E-state index is 12.5. The van der Waals surface area contributed by atoms with Crippen molar-refractivity contribution < 1.29 is 13.9 Å². The number of para-hydroxylation sites is 1. The maximum atomic E-state index is 12.5. The highest BCUT2D eigenvalue weighted by molar-refractivity contribution is 9.11. The fourth-order valence-corrected chi connectivity index (χ4v) is 2.81. The number of anilines is 1. The number of hydrogen-bond acceptors (Lipinski definition) is 3. The van der Waals surface area contributed by atoms with Crippen LogP contribution >= 0.6 is 31.9 Å². The first kappa shape index (κ1) is 16.8. The number of amides is 1. The molecule has 0 radical (unpaired) electrons. The van der Waals surface area contributed by atoms with Gasteiger partial charge in [0.15, 0.2) is 5.76 Å². The highest BCUT2D eigenvalue weighted by Crippen LogP contribution is 2.27. The second-order valence-corrected chi connectivity index (χ2v) is 6.72. The van der Waals surface area contributed by atoms with Gasteiger partial charge in [0.1, 0.15) is 12.4 Å². The number of nitrogens with one attached hydrogen (secondary N) is 1. The molecule has 4 nitrogen and oxygen atoms in total. The number of furan rings is 1. The van der Waals surface area contributed by atoms with Crippen LogP contribution in [-0.4, -0.2) is 5.91 Å². The molecule has 3 rings (SSSR count). The quantitative estimate of drug-likeness (QED) is 0.547. The second kappa shape index (κ2) is 7.68. The fraction of sp³-hybridized carbons (Fsp3) is 0.0556. The monoisotopic (exact) mass is 449 g/mol. The highest BCUT2D eigenvalue weighted by Gasteiger charge is 2.17. The number of rotatable bonds is 5. The third kappa shape index (κ3) is 4.07. The van der Waals surface area contributed by atoms with Gasteiger partial charge in [0.25, 0.3) is 5.91 Å². The van der Waals surface area contributed by atoms with Gasteiger partial charge in [-0.1, -0.05) is 34.1 Å². The summed E-state index contributed by atoms with van der Waals surface area (Å²) in [5, 5.41) is 2.83. The maximum Gasteiger partial charge on any atom is 0.291 e. The summed E-state index contributed by atoms with van der Waals surface area (Å²) in [5.74, 6) is 0.642. The minimum Gasteiger partial charge on any atom is -0.489 e. The summed E-state index contributed by atoms with van der Waals surface area (Å²) in [7, 11) is 0. The molecule has 0 aliphatic heterocycles. The molecule has 1 amide bonds. The van der Waals surface area contributed by atoms with Crippen LogP contribution in [0.5, 0.6) is 5.75 Å². The minimum absolute atomic E-state index is 0.234. The van der Waals surface area contributed by atoms with Crippen molar-refractivity contribution in [3.8, 4) is 5.75 Å². The lowest BCUT2D eigenvalue weighted by Crippen LogP contribution is -2.14. The minimum atomic E-state index is -0.328. The summed E-state index contributed by atoms with van der Waals surface area (Å²) in [6.07, 6.45) is 1.48. The Morgan fingerprint density at radius 3 is 2.67 bits per heavy atom. The summed E-state index contributed by atoms with van der Waals surface area (Å²) in [5.41, 5.74) is 1.34. The summed E-state index contributed by atoms with van der Waals surface area (Å²) in [6.45, 7) is 0.253. The van der Waals surface area contributed by atoms with Crippen molar-refractivity contribution in [3.63, 3.8) is 0 Å². The van der Waals surface area contributed by atoms with Crippen molar-refractivity contribution >= 4 is 43.5 Å². The topological polar surface area (TPSA) is 51.5 Å². The Kier molecular flexibility index (Phi) is 5.37. The van der Waals surface area contributed by atoms with Crippen LogP contribution in [0, 0.1) is 0 Å². The van der Waals surface area contributed by atoms with Gasteiger partial charge in [-0.2, -0.15) is 0 Å². The van der Waals surface area contributed by atoms with Crippen molar-refractivity contribution in [2.75, 3.05) is 5.32 Å². The molecule has 1 aromatic heterocycles. The van der Waals surface area contributed by atoms with Crippen LogP contribution in [0.1, 0.15) is 16.1 Å². The van der Waals surface area contributed by atoms with Gasteiger partial charge in [0.2, 0.25) is 0 Å². The number of ether oxygens (including phenoxy) is 1. The molecule has 3 aromatic rings. The second-order valence-electron chi connectivity index (χ2n) is 4.95. The smallest absolute Gasteiger partial charge is 0.291 e. The van der Waals surface area contributed by atoms with Gasteiger partial charge >= 0.3 is 0 Å². The van der Waals surface area contributed by atoms with Crippen LogP contribution in [0.4, 0.5) is 5.69 Å². The van der Waals surface area contributed by atoms with Crippen molar-refractivity contribution in [2.24, 2.45) is 0 Å². The van der Waals surface area contributed by atoms with E-state index in [-0.39, 0.29) is 18.3 Å². The van der Waals surface area contributed by atoms with Gasteiger partial charge in [0.05, 0.1) is 12.0 Å². The molecule has 0 aliphatic rings. The number of halogens is 2. The molecule has 1 N–H and O–H groups in total.